The average Bonchev–Trinajstić information content (AvgIpc) is 2.83. The number of nitrogens with zero attached hydrogens (tertiary/aromatic N) is 2. The zero-order valence-corrected chi connectivity index (χ0v) is 18.4. The molecule has 0 aliphatic carbocycles. The number of nitro benzene ring substituents is 2. The van der Waals surface area contributed by atoms with Crippen LogP contribution in [0.25, 0.3) is 11.0 Å². The highest BCUT2D eigenvalue weighted by Gasteiger charge is 2.18. The summed E-state index contributed by atoms with van der Waals surface area (Å²) >= 11 is 0. The van der Waals surface area contributed by atoms with Crippen LogP contribution in [-0.4, -0.2) is 18.3 Å². The van der Waals surface area contributed by atoms with Gasteiger partial charge in [0, 0.05) is 42.3 Å². The van der Waals surface area contributed by atoms with E-state index in [2.05, 4.69) is 5.32 Å². The second-order valence-electron chi connectivity index (χ2n) is 7.20. The van der Waals surface area contributed by atoms with Crippen LogP contribution in [0.5, 0.6) is 5.75 Å². The van der Waals surface area contributed by atoms with Crippen molar-refractivity contribution >= 4 is 38.1 Å². The highest BCUT2D eigenvalue weighted by atomic mass is 32.2. The van der Waals surface area contributed by atoms with Crippen molar-refractivity contribution in [1.29, 1.82) is 0 Å². The van der Waals surface area contributed by atoms with E-state index in [4.69, 9.17) is 8.60 Å². The lowest BCUT2D eigenvalue weighted by molar-refractivity contribution is -0.385. The molecule has 35 heavy (non-hydrogen) atoms. The summed E-state index contributed by atoms with van der Waals surface area (Å²) in [5.41, 5.74) is 0.169. The molecule has 3 aromatic carbocycles. The minimum atomic E-state index is -4.20. The molecule has 1 aromatic heterocycles. The van der Waals surface area contributed by atoms with Gasteiger partial charge < -0.3 is 13.9 Å². The van der Waals surface area contributed by atoms with E-state index in [1.54, 1.807) is 12.1 Å². The molecule has 0 unspecified atom stereocenters. The molecule has 1 heterocycles. The van der Waals surface area contributed by atoms with Gasteiger partial charge in [-0.05, 0) is 35.9 Å². The Kier molecular flexibility index (Phi) is 6.16. The maximum atomic E-state index is 12.4. The van der Waals surface area contributed by atoms with Crippen LogP contribution in [0.4, 0.5) is 17.1 Å². The first-order valence-corrected chi connectivity index (χ1v) is 11.3. The smallest absolute Gasteiger partial charge is 0.339 e. The molecule has 0 radical (unpaired) electrons. The number of hydrogen-bond acceptors (Lipinski definition) is 10. The van der Waals surface area contributed by atoms with Crippen LogP contribution in [0.15, 0.2) is 86.9 Å². The number of nitrogens with one attached hydrogen (secondary N) is 1. The average molecular weight is 497 g/mol. The van der Waals surface area contributed by atoms with Crippen molar-refractivity contribution in [3.8, 4) is 5.75 Å². The van der Waals surface area contributed by atoms with Crippen molar-refractivity contribution in [3.63, 3.8) is 0 Å². The second kappa shape index (κ2) is 9.23. The normalized spacial score (nSPS) is 11.2. The fourth-order valence-electron chi connectivity index (χ4n) is 3.18. The van der Waals surface area contributed by atoms with Gasteiger partial charge in [0.2, 0.25) is 0 Å². The summed E-state index contributed by atoms with van der Waals surface area (Å²) in [5, 5.41) is 25.2. The number of benzene rings is 3. The van der Waals surface area contributed by atoms with Crippen LogP contribution in [-0.2, 0) is 16.7 Å². The molecular formula is C22H15N3O9S. The number of fused-ring (bicyclic) bond motifs is 1. The molecule has 0 aliphatic rings. The van der Waals surface area contributed by atoms with Crippen molar-refractivity contribution in [2.75, 3.05) is 5.32 Å². The summed E-state index contributed by atoms with van der Waals surface area (Å²) in [6.07, 6.45) is 0. The van der Waals surface area contributed by atoms with Gasteiger partial charge in [0.05, 0.1) is 15.5 Å². The predicted molar refractivity (Wildman–Crippen MR) is 124 cm³/mol. The van der Waals surface area contributed by atoms with Crippen LogP contribution < -0.4 is 15.1 Å². The van der Waals surface area contributed by atoms with Crippen LogP contribution >= 0.6 is 0 Å². The number of hydrogen-bond donors (Lipinski definition) is 1. The molecule has 0 saturated carbocycles. The van der Waals surface area contributed by atoms with Gasteiger partial charge >= 0.3 is 15.7 Å². The lowest BCUT2D eigenvalue weighted by atomic mass is 10.1. The SMILES string of the molecule is O=c1cc(NCc2ccc(OS(=O)(=O)c3ccc([N+](=O)[O-])cc3)cc2)c2cc([N+](=O)[O-])ccc2o1. The van der Waals surface area contributed by atoms with Crippen LogP contribution in [0.1, 0.15) is 5.56 Å². The van der Waals surface area contributed by atoms with Crippen molar-refractivity contribution in [2.24, 2.45) is 0 Å². The Balaban J connectivity index is 1.49. The molecule has 178 valence electrons. The topological polar surface area (TPSA) is 172 Å². The summed E-state index contributed by atoms with van der Waals surface area (Å²) in [5.74, 6) is 0.0218. The molecule has 0 aliphatic heterocycles. The Morgan fingerprint density at radius 2 is 1.49 bits per heavy atom. The van der Waals surface area contributed by atoms with Gasteiger partial charge in [0.15, 0.2) is 0 Å². The lowest BCUT2D eigenvalue weighted by Gasteiger charge is -2.10. The van der Waals surface area contributed by atoms with Crippen LogP contribution in [0, 0.1) is 20.2 Å². The Morgan fingerprint density at radius 1 is 0.857 bits per heavy atom. The van der Waals surface area contributed by atoms with Crippen molar-refractivity contribution in [1.82, 2.24) is 0 Å². The fraction of sp³-hybridized carbons (Fsp3) is 0.0455. The monoisotopic (exact) mass is 497 g/mol. The molecule has 0 saturated heterocycles. The lowest BCUT2D eigenvalue weighted by Crippen LogP contribution is -2.10. The van der Waals surface area contributed by atoms with E-state index in [1.807, 2.05) is 0 Å². The number of anilines is 1. The molecule has 1 N–H and O–H groups in total. The van der Waals surface area contributed by atoms with Gasteiger partial charge in [-0.2, -0.15) is 8.42 Å². The largest absolute Gasteiger partial charge is 0.423 e. The quantitative estimate of drug-likeness (QED) is 0.162. The summed E-state index contributed by atoms with van der Waals surface area (Å²) in [7, 11) is -4.20. The minimum absolute atomic E-state index is 0.0218. The molecule has 0 atom stereocenters. The summed E-state index contributed by atoms with van der Waals surface area (Å²) < 4.78 is 35.0. The molecule has 0 bridgehead atoms. The van der Waals surface area contributed by atoms with Crippen molar-refractivity contribution < 1.29 is 26.9 Å². The van der Waals surface area contributed by atoms with Crippen molar-refractivity contribution in [3.05, 3.63) is 109 Å². The van der Waals surface area contributed by atoms with E-state index in [9.17, 15) is 33.4 Å². The maximum Gasteiger partial charge on any atom is 0.339 e. The third kappa shape index (κ3) is 5.25. The van der Waals surface area contributed by atoms with E-state index >= 15 is 0 Å². The number of rotatable bonds is 8. The van der Waals surface area contributed by atoms with Crippen molar-refractivity contribution in [2.45, 2.75) is 11.4 Å². The zero-order chi connectivity index (χ0) is 25.2. The first-order chi connectivity index (χ1) is 16.6. The van der Waals surface area contributed by atoms with Gasteiger partial charge in [0.25, 0.3) is 11.4 Å². The molecule has 13 heteroatoms. The maximum absolute atomic E-state index is 12.4. The van der Waals surface area contributed by atoms with Crippen LogP contribution in [0.3, 0.4) is 0 Å². The third-order valence-corrected chi connectivity index (χ3v) is 6.15. The molecule has 0 fully saturated rings. The van der Waals surface area contributed by atoms with E-state index < -0.39 is 25.6 Å². The Hall–Kier alpha value is -4.78. The first kappa shape index (κ1) is 23.4. The summed E-state index contributed by atoms with van der Waals surface area (Å²) in [6, 6.07) is 15.4. The van der Waals surface area contributed by atoms with E-state index in [0.29, 0.717) is 16.6 Å². The molecule has 4 rings (SSSR count). The third-order valence-electron chi connectivity index (χ3n) is 4.89. The number of non-ortho nitro benzene ring substituents is 2. The second-order valence-corrected chi connectivity index (χ2v) is 8.75. The standard InChI is InChI=1S/C22H15N3O9S/c26-22-12-20(19-11-16(25(29)30)5-10-21(19)33-22)23-13-14-1-6-17(7-2-14)34-35(31,32)18-8-3-15(4-9-18)24(27)28/h1-12,23H,13H2. The summed E-state index contributed by atoms with van der Waals surface area (Å²) in [4.78, 5) is 32.2. The molecule has 12 nitrogen and oxygen atoms in total. The van der Waals surface area contributed by atoms with E-state index in [0.717, 1.165) is 24.3 Å². The highest BCUT2D eigenvalue weighted by molar-refractivity contribution is 7.87. The minimum Gasteiger partial charge on any atom is -0.423 e. The van der Waals surface area contributed by atoms with Gasteiger partial charge in [-0.1, -0.05) is 12.1 Å². The van der Waals surface area contributed by atoms with Gasteiger partial charge in [-0.3, -0.25) is 20.2 Å². The van der Waals surface area contributed by atoms with Gasteiger partial charge in [-0.15, -0.1) is 0 Å². The molecular weight excluding hydrogens is 482 g/mol. The Labute approximate surface area is 196 Å². The summed E-state index contributed by atoms with van der Waals surface area (Å²) in [6.45, 7) is 0.205. The van der Waals surface area contributed by atoms with Gasteiger partial charge in [-0.25, -0.2) is 4.79 Å². The van der Waals surface area contributed by atoms with E-state index in [1.165, 1.54) is 36.4 Å². The highest BCUT2D eigenvalue weighted by Crippen LogP contribution is 2.27. The molecule has 0 amide bonds. The molecule has 4 aromatic rings. The van der Waals surface area contributed by atoms with Crippen LogP contribution in [0.2, 0.25) is 0 Å². The number of nitro groups is 2. The zero-order valence-electron chi connectivity index (χ0n) is 17.6. The van der Waals surface area contributed by atoms with E-state index in [-0.39, 0.29) is 34.1 Å². The fourth-order valence-corrected chi connectivity index (χ4v) is 4.11. The molecule has 0 spiro atoms. The first-order valence-electron chi connectivity index (χ1n) is 9.86. The Morgan fingerprint density at radius 3 is 2.11 bits per heavy atom. The predicted octanol–water partition coefficient (Wildman–Crippen LogP) is 3.99. The Bertz CT molecular complexity index is 1600. The van der Waals surface area contributed by atoms with Gasteiger partial charge in [0.1, 0.15) is 16.2 Å².